The number of carbonyl (C=O) groups is 1. The highest BCUT2D eigenvalue weighted by molar-refractivity contribution is 5.89. The number of amides is 2. The minimum absolute atomic E-state index is 0.240. The number of benzene rings is 2. The van der Waals surface area contributed by atoms with Crippen molar-refractivity contribution in [2.75, 3.05) is 25.6 Å². The van der Waals surface area contributed by atoms with E-state index in [9.17, 15) is 18.0 Å². The van der Waals surface area contributed by atoms with Gasteiger partial charge in [0, 0.05) is 44.4 Å². The Kier molecular flexibility index (Phi) is 8.33. The number of aromatic nitrogens is 1. The molecule has 1 aromatic heterocycles. The number of methoxy groups -OCH3 is 1. The van der Waals surface area contributed by atoms with Crippen LogP contribution in [-0.2, 0) is 24.0 Å². The van der Waals surface area contributed by atoms with Crippen molar-refractivity contribution in [3.63, 3.8) is 0 Å². The number of urea groups is 1. The number of nitriles is 1. The van der Waals surface area contributed by atoms with Crippen LogP contribution in [0.1, 0.15) is 28.8 Å². The van der Waals surface area contributed by atoms with Crippen molar-refractivity contribution in [1.82, 2.24) is 9.47 Å². The monoisotopic (exact) mass is 470 g/mol. The molecule has 0 saturated carbocycles. The van der Waals surface area contributed by atoms with Crippen LogP contribution in [0.5, 0.6) is 0 Å². The number of hydrogen-bond donors (Lipinski definition) is 1. The lowest BCUT2D eigenvalue weighted by atomic mass is 10.1. The summed E-state index contributed by atoms with van der Waals surface area (Å²) in [6, 6.07) is 17.1. The molecule has 1 heterocycles. The Bertz CT molecular complexity index is 1150. The molecule has 2 amide bonds. The standard InChI is InChI=1S/C25H25F3N4O2/c1-34-13-5-12-32(24(33)30-22-9-3-6-19(15-22)16-29)18-23-10-4-11-31(23)17-20-7-2-8-21(14-20)25(26,27)28/h2-4,6-11,14-15H,5,12-13,17-18H2,1H3,(H,30,33). The van der Waals surface area contributed by atoms with Crippen molar-refractivity contribution in [2.24, 2.45) is 0 Å². The van der Waals surface area contributed by atoms with E-state index in [4.69, 9.17) is 10.00 Å². The lowest BCUT2D eigenvalue weighted by molar-refractivity contribution is -0.137. The van der Waals surface area contributed by atoms with Crippen LogP contribution in [0.2, 0.25) is 0 Å². The Hall–Kier alpha value is -3.77. The van der Waals surface area contributed by atoms with Crippen LogP contribution in [0.4, 0.5) is 23.7 Å². The number of anilines is 1. The topological polar surface area (TPSA) is 70.3 Å². The van der Waals surface area contributed by atoms with Gasteiger partial charge in [-0.15, -0.1) is 0 Å². The summed E-state index contributed by atoms with van der Waals surface area (Å²) >= 11 is 0. The van der Waals surface area contributed by atoms with Crippen LogP contribution in [0.3, 0.4) is 0 Å². The largest absolute Gasteiger partial charge is 0.416 e. The fourth-order valence-corrected chi connectivity index (χ4v) is 3.51. The fourth-order valence-electron chi connectivity index (χ4n) is 3.51. The molecule has 0 aliphatic heterocycles. The molecule has 3 rings (SSSR count). The number of nitrogens with zero attached hydrogens (tertiary/aromatic N) is 3. The van der Waals surface area contributed by atoms with E-state index < -0.39 is 11.7 Å². The second-order valence-corrected chi connectivity index (χ2v) is 7.72. The molecule has 0 aliphatic rings. The first-order valence-electron chi connectivity index (χ1n) is 10.7. The molecule has 34 heavy (non-hydrogen) atoms. The molecule has 0 bridgehead atoms. The van der Waals surface area contributed by atoms with Crippen molar-refractivity contribution in [2.45, 2.75) is 25.7 Å². The quantitative estimate of drug-likeness (QED) is 0.420. The van der Waals surface area contributed by atoms with Crippen LogP contribution in [0.25, 0.3) is 0 Å². The van der Waals surface area contributed by atoms with E-state index in [2.05, 4.69) is 5.32 Å². The molecule has 9 heteroatoms. The van der Waals surface area contributed by atoms with Gasteiger partial charge in [0.15, 0.2) is 0 Å². The third-order valence-electron chi connectivity index (χ3n) is 5.19. The predicted molar refractivity (Wildman–Crippen MR) is 122 cm³/mol. The second-order valence-electron chi connectivity index (χ2n) is 7.72. The molecule has 0 aliphatic carbocycles. The van der Waals surface area contributed by atoms with Gasteiger partial charge in [-0.05, 0) is 54.4 Å². The molecule has 0 spiro atoms. The Morgan fingerprint density at radius 3 is 2.68 bits per heavy atom. The highest BCUT2D eigenvalue weighted by atomic mass is 19.4. The van der Waals surface area contributed by atoms with Crippen LogP contribution in [0.15, 0.2) is 66.9 Å². The number of carbonyl (C=O) groups excluding carboxylic acids is 1. The molecule has 6 nitrogen and oxygen atoms in total. The van der Waals surface area contributed by atoms with E-state index in [0.29, 0.717) is 36.4 Å². The Morgan fingerprint density at radius 2 is 1.94 bits per heavy atom. The smallest absolute Gasteiger partial charge is 0.385 e. The van der Waals surface area contributed by atoms with E-state index in [-0.39, 0.29) is 19.1 Å². The van der Waals surface area contributed by atoms with Crippen molar-refractivity contribution >= 4 is 11.7 Å². The van der Waals surface area contributed by atoms with Crippen LogP contribution in [-0.4, -0.2) is 35.8 Å². The minimum Gasteiger partial charge on any atom is -0.385 e. The first-order chi connectivity index (χ1) is 16.3. The van der Waals surface area contributed by atoms with E-state index in [1.165, 1.54) is 6.07 Å². The lowest BCUT2D eigenvalue weighted by Crippen LogP contribution is -2.36. The van der Waals surface area contributed by atoms with Crippen molar-refractivity contribution in [3.8, 4) is 6.07 Å². The molecule has 0 unspecified atom stereocenters. The zero-order chi connectivity index (χ0) is 24.6. The van der Waals surface area contributed by atoms with Crippen LogP contribution < -0.4 is 5.32 Å². The van der Waals surface area contributed by atoms with Crippen LogP contribution in [0, 0.1) is 11.3 Å². The summed E-state index contributed by atoms with van der Waals surface area (Å²) < 4.78 is 46.2. The number of halogens is 3. The number of rotatable bonds is 9. The molecule has 3 aromatic rings. The van der Waals surface area contributed by atoms with E-state index in [1.54, 1.807) is 54.6 Å². The molecule has 0 radical (unpaired) electrons. The summed E-state index contributed by atoms with van der Waals surface area (Å²) in [6.45, 7) is 1.37. The predicted octanol–water partition coefficient (Wildman–Crippen LogP) is 5.50. The lowest BCUT2D eigenvalue weighted by Gasteiger charge is -2.24. The normalized spacial score (nSPS) is 11.1. The van der Waals surface area contributed by atoms with Crippen molar-refractivity contribution < 1.29 is 22.7 Å². The molecule has 1 N–H and O–H groups in total. The molecular weight excluding hydrogens is 445 g/mol. The van der Waals surface area contributed by atoms with E-state index in [1.807, 2.05) is 16.7 Å². The first-order valence-corrected chi connectivity index (χ1v) is 10.7. The Balaban J connectivity index is 1.76. The van der Waals surface area contributed by atoms with Gasteiger partial charge < -0.3 is 19.5 Å². The molecule has 178 valence electrons. The maximum Gasteiger partial charge on any atom is 0.416 e. The van der Waals surface area contributed by atoms with Gasteiger partial charge in [-0.25, -0.2) is 4.79 Å². The van der Waals surface area contributed by atoms with Gasteiger partial charge in [0.1, 0.15) is 0 Å². The zero-order valence-electron chi connectivity index (χ0n) is 18.7. The van der Waals surface area contributed by atoms with E-state index in [0.717, 1.165) is 17.8 Å². The Morgan fingerprint density at radius 1 is 1.15 bits per heavy atom. The number of alkyl halides is 3. The summed E-state index contributed by atoms with van der Waals surface area (Å²) in [6.07, 6.45) is -2.03. The van der Waals surface area contributed by atoms with E-state index >= 15 is 0 Å². The summed E-state index contributed by atoms with van der Waals surface area (Å²) in [5, 5.41) is 11.9. The van der Waals surface area contributed by atoms with Crippen molar-refractivity contribution in [1.29, 1.82) is 5.26 Å². The molecule has 0 saturated heterocycles. The van der Waals surface area contributed by atoms with Gasteiger partial charge in [-0.2, -0.15) is 18.4 Å². The summed E-state index contributed by atoms with van der Waals surface area (Å²) in [7, 11) is 1.58. The molecular formula is C25H25F3N4O2. The number of hydrogen-bond acceptors (Lipinski definition) is 3. The maximum atomic E-state index is 13.1. The van der Waals surface area contributed by atoms with Gasteiger partial charge in [0.2, 0.25) is 0 Å². The summed E-state index contributed by atoms with van der Waals surface area (Å²) in [5.74, 6) is 0. The van der Waals surface area contributed by atoms with Crippen LogP contribution >= 0.6 is 0 Å². The van der Waals surface area contributed by atoms with Gasteiger partial charge in [-0.1, -0.05) is 18.2 Å². The number of ether oxygens (including phenoxy) is 1. The fraction of sp³-hybridized carbons (Fsp3) is 0.280. The number of nitrogens with one attached hydrogen (secondary N) is 1. The average Bonchev–Trinajstić information content (AvgIpc) is 3.24. The van der Waals surface area contributed by atoms with Gasteiger partial charge >= 0.3 is 12.2 Å². The van der Waals surface area contributed by atoms with Gasteiger partial charge in [-0.3, -0.25) is 0 Å². The maximum absolute atomic E-state index is 13.1. The molecule has 0 atom stereocenters. The molecule has 2 aromatic carbocycles. The zero-order valence-corrected chi connectivity index (χ0v) is 18.7. The average molecular weight is 470 g/mol. The van der Waals surface area contributed by atoms with Gasteiger partial charge in [0.05, 0.1) is 23.7 Å². The highest BCUT2D eigenvalue weighted by Gasteiger charge is 2.30. The van der Waals surface area contributed by atoms with Crippen molar-refractivity contribution in [3.05, 3.63) is 89.2 Å². The highest BCUT2D eigenvalue weighted by Crippen LogP contribution is 2.29. The second kappa shape index (κ2) is 11.4. The first kappa shape index (κ1) is 24.9. The third-order valence-corrected chi connectivity index (χ3v) is 5.19. The summed E-state index contributed by atoms with van der Waals surface area (Å²) in [4.78, 5) is 14.6. The summed E-state index contributed by atoms with van der Waals surface area (Å²) in [5.41, 5.74) is 1.52. The van der Waals surface area contributed by atoms with Gasteiger partial charge in [0.25, 0.3) is 0 Å². The third kappa shape index (κ3) is 6.86. The Labute approximate surface area is 196 Å². The SMILES string of the molecule is COCCCN(Cc1cccn1Cc1cccc(C(F)(F)F)c1)C(=O)Nc1cccc(C#N)c1. The minimum atomic E-state index is -4.41. The molecule has 0 fully saturated rings.